The molecule has 286 valence electrons. The van der Waals surface area contributed by atoms with E-state index in [0.29, 0.717) is 0 Å². The van der Waals surface area contributed by atoms with Crippen LogP contribution in [0.1, 0.15) is 22.3 Å². The van der Waals surface area contributed by atoms with Gasteiger partial charge in [-0.3, -0.25) is 0 Å². The number of fused-ring (bicyclic) bond motifs is 21. The van der Waals surface area contributed by atoms with Crippen LogP contribution in [0, 0.1) is 0 Å². The smallest absolute Gasteiger partial charge is 0.0631 e. The van der Waals surface area contributed by atoms with Gasteiger partial charge in [0.2, 0.25) is 0 Å². The molecule has 0 amide bonds. The molecule has 3 heterocycles. The minimum absolute atomic E-state index is 1.26. The summed E-state index contributed by atoms with van der Waals surface area (Å²) in [6.07, 6.45) is 0. The third-order valence-electron chi connectivity index (χ3n) is 15.4. The molecule has 0 N–H and O–H groups in total. The van der Waals surface area contributed by atoms with Crippen molar-refractivity contribution in [3.05, 3.63) is 216 Å². The summed E-state index contributed by atoms with van der Waals surface area (Å²) in [4.78, 5) is 0. The monoisotopic (exact) mass is 806 g/mol. The lowest BCUT2D eigenvalue weighted by molar-refractivity contribution is 1.34. The zero-order valence-electron chi connectivity index (χ0n) is 34.0. The first-order valence-corrected chi connectivity index (χ1v) is 27.4. The zero-order chi connectivity index (χ0) is 39.9. The number of hydrogen-bond donors (Lipinski definition) is 0. The van der Waals surface area contributed by atoms with Crippen LogP contribution in [0.25, 0.3) is 89.0 Å². The van der Waals surface area contributed by atoms with Gasteiger partial charge in [0.05, 0.1) is 16.1 Å². The van der Waals surface area contributed by atoms with Gasteiger partial charge >= 0.3 is 0 Å². The van der Waals surface area contributed by atoms with Gasteiger partial charge in [-0.25, -0.2) is 0 Å². The van der Waals surface area contributed by atoms with E-state index >= 15 is 0 Å². The molecule has 0 fully saturated rings. The molecule has 2 aliphatic carbocycles. The van der Waals surface area contributed by atoms with Crippen LogP contribution in [-0.4, -0.2) is 16.1 Å². The van der Waals surface area contributed by atoms with Crippen LogP contribution >= 0.6 is 0 Å². The molecule has 61 heavy (non-hydrogen) atoms. The van der Waals surface area contributed by atoms with Gasteiger partial charge in [0, 0.05) is 0 Å². The third kappa shape index (κ3) is 4.75. The Morgan fingerprint density at radius 3 is 0.607 bits per heavy atom. The van der Waals surface area contributed by atoms with Crippen molar-refractivity contribution in [1.82, 2.24) is 0 Å². The molecule has 3 aliphatic heterocycles. The minimum atomic E-state index is -1.94. The second kappa shape index (κ2) is 12.5. The molecule has 9 aromatic rings. The van der Waals surface area contributed by atoms with E-state index < -0.39 is 16.1 Å². The van der Waals surface area contributed by atoms with Crippen molar-refractivity contribution in [2.45, 2.75) is 29.8 Å². The van der Waals surface area contributed by atoms with Gasteiger partial charge in [0.1, 0.15) is 0 Å². The second-order valence-corrected chi connectivity index (χ2v) is 27.6. The van der Waals surface area contributed by atoms with Crippen molar-refractivity contribution in [2.75, 3.05) is 0 Å². The topological polar surface area (TPSA) is 0 Å². The molecule has 0 bridgehead atoms. The summed E-state index contributed by atoms with van der Waals surface area (Å²) in [6.45, 7) is 0. The van der Waals surface area contributed by atoms with Crippen LogP contribution in [0.4, 0.5) is 0 Å². The fraction of sp³-hybridized carbons (Fsp3) is 0.0847. The first kappa shape index (κ1) is 34.2. The minimum Gasteiger partial charge on any atom is -0.0631 e. The molecule has 0 unspecified atom stereocenters. The van der Waals surface area contributed by atoms with Crippen LogP contribution in [-0.2, 0) is 24.2 Å². The lowest BCUT2D eigenvalue weighted by atomic mass is 9.80. The molecule has 14 rings (SSSR count). The first-order valence-electron chi connectivity index (χ1n) is 22.1. The predicted molar refractivity (Wildman–Crippen MR) is 260 cm³/mol. The Labute approximate surface area is 359 Å². The Balaban J connectivity index is 0.909. The predicted octanol–water partition coefficient (Wildman–Crippen LogP) is 13.3. The van der Waals surface area contributed by atoms with E-state index in [9.17, 15) is 0 Å². The highest BCUT2D eigenvalue weighted by atomic mass is 28.4. The van der Waals surface area contributed by atoms with Crippen LogP contribution in [0.15, 0.2) is 194 Å². The third-order valence-corrected chi connectivity index (χ3v) is 28.5. The SMILES string of the molecule is c1ccc2c(c1)-c1ccccc1-c1cc3c(cc1-c1ccccc1-2)C[Si]1(C3)C[Si]2(Cc3cc4c(cc3C2)-c2ccccc2-c2ccccc2-c2ccccc2-4)c2ccccc21. The Morgan fingerprint density at radius 1 is 0.213 bits per heavy atom. The van der Waals surface area contributed by atoms with Crippen molar-refractivity contribution >= 4 is 26.5 Å². The molecule has 0 saturated heterocycles. The van der Waals surface area contributed by atoms with Crippen LogP contribution in [0.3, 0.4) is 0 Å². The second-order valence-electron chi connectivity index (χ2n) is 18.6. The number of rotatable bonds is 0. The van der Waals surface area contributed by atoms with Gasteiger partial charge < -0.3 is 0 Å². The first-order chi connectivity index (χ1) is 30.1. The highest BCUT2D eigenvalue weighted by molar-refractivity contribution is 7.15. The van der Waals surface area contributed by atoms with Crippen molar-refractivity contribution in [1.29, 1.82) is 0 Å². The van der Waals surface area contributed by atoms with Gasteiger partial charge in [0.15, 0.2) is 0 Å². The van der Waals surface area contributed by atoms with Gasteiger partial charge in [-0.2, -0.15) is 0 Å². The van der Waals surface area contributed by atoms with E-state index in [1.165, 1.54) is 119 Å². The van der Waals surface area contributed by atoms with Crippen LogP contribution < -0.4 is 10.4 Å². The number of benzene rings is 9. The quantitative estimate of drug-likeness (QED) is 0.134. The van der Waals surface area contributed by atoms with Gasteiger partial charge in [-0.15, -0.1) is 0 Å². The Kier molecular flexibility index (Phi) is 6.99. The summed E-state index contributed by atoms with van der Waals surface area (Å²) in [5, 5.41) is 3.58. The van der Waals surface area contributed by atoms with Crippen LogP contribution in [0.5, 0.6) is 0 Å². The van der Waals surface area contributed by atoms with E-state index in [0.717, 1.165) is 0 Å². The van der Waals surface area contributed by atoms with Crippen molar-refractivity contribution in [2.24, 2.45) is 0 Å². The summed E-state index contributed by atoms with van der Waals surface area (Å²) >= 11 is 0. The molecule has 2 spiro atoms. The standard InChI is InChI=1S/C59H42Si2/c1-2-16-43-42(15-1)46-19-5-9-23-50(46)54-29-38-33-60(34-39(38)30-55(54)51-24-10-6-20-47(43)51)37-61(59-28-14-13-27-58(59)60)35-40-31-56-52-25-11-7-21-48(52)44-17-3-4-18-45(44)49-22-8-12-26-53(49)57(56)32-41(40)36-61/h1-32H,33-37H2. The normalized spacial score (nSPS) is 15.8. The van der Waals surface area contributed by atoms with Crippen molar-refractivity contribution in [3.63, 3.8) is 0 Å². The van der Waals surface area contributed by atoms with E-state index in [2.05, 4.69) is 194 Å². The molecule has 0 aromatic heterocycles. The highest BCUT2D eigenvalue weighted by Gasteiger charge is 2.58. The van der Waals surface area contributed by atoms with Gasteiger partial charge in [-0.05, 0) is 135 Å². The molecular weight excluding hydrogens is 765 g/mol. The molecule has 0 nitrogen and oxygen atoms in total. The summed E-state index contributed by atoms with van der Waals surface area (Å²) in [5.41, 5.74) is 29.6. The van der Waals surface area contributed by atoms with E-state index in [1.807, 2.05) is 0 Å². The average Bonchev–Trinajstić information content (AvgIpc) is 3.95. The summed E-state index contributed by atoms with van der Waals surface area (Å²) in [7, 11) is -3.88. The maximum absolute atomic E-state index is 2.65. The summed E-state index contributed by atoms with van der Waals surface area (Å²) in [6, 6.07) is 80.3. The summed E-state index contributed by atoms with van der Waals surface area (Å²) < 4.78 is 0. The van der Waals surface area contributed by atoms with E-state index in [1.54, 1.807) is 32.6 Å². The molecule has 2 heteroatoms. The lowest BCUT2D eigenvalue weighted by Crippen LogP contribution is -2.50. The number of hydrogen-bond acceptors (Lipinski definition) is 0. The zero-order valence-corrected chi connectivity index (χ0v) is 36.0. The molecular formula is C59H42Si2. The van der Waals surface area contributed by atoms with E-state index in [4.69, 9.17) is 0 Å². The largest absolute Gasteiger partial charge is 0.0929 e. The Hall–Kier alpha value is -6.59. The lowest BCUT2D eigenvalue weighted by Gasteiger charge is -2.26. The van der Waals surface area contributed by atoms with Crippen molar-refractivity contribution in [3.8, 4) is 89.0 Å². The highest BCUT2D eigenvalue weighted by Crippen LogP contribution is 2.53. The Morgan fingerprint density at radius 2 is 0.393 bits per heavy atom. The fourth-order valence-corrected chi connectivity index (χ4v) is 30.9. The van der Waals surface area contributed by atoms with E-state index in [-0.39, 0.29) is 0 Å². The average molecular weight is 807 g/mol. The fourth-order valence-electron chi connectivity index (χ4n) is 13.1. The molecule has 9 aromatic carbocycles. The Bertz CT molecular complexity index is 2950. The summed E-state index contributed by atoms with van der Waals surface area (Å²) in [5.74, 6) is 0. The maximum atomic E-state index is 2.65. The molecule has 0 radical (unpaired) electrons. The molecule has 0 saturated carbocycles. The van der Waals surface area contributed by atoms with Gasteiger partial charge in [-0.1, -0.05) is 210 Å². The molecule has 5 aliphatic rings. The van der Waals surface area contributed by atoms with Gasteiger partial charge in [0.25, 0.3) is 0 Å². The van der Waals surface area contributed by atoms with Crippen LogP contribution in [0.2, 0.25) is 5.67 Å². The van der Waals surface area contributed by atoms with Crippen molar-refractivity contribution < 1.29 is 0 Å². The molecule has 0 atom stereocenters. The maximum Gasteiger partial charge on any atom is 0.0929 e.